The number of ketones is 1. The average molecular weight is 333 g/mol. The Morgan fingerprint density at radius 1 is 1.29 bits per heavy atom. The Hall–Kier alpha value is -2.57. The quantitative estimate of drug-likeness (QED) is 0.675. The number of carboxylic acid groups (broad SMARTS) is 1. The van der Waals surface area contributed by atoms with Crippen molar-refractivity contribution in [2.45, 2.75) is 18.5 Å². The molecule has 2 aliphatic heterocycles. The van der Waals surface area contributed by atoms with Crippen molar-refractivity contribution < 1.29 is 19.1 Å². The van der Waals surface area contributed by atoms with Gasteiger partial charge in [-0.15, -0.1) is 0 Å². The minimum absolute atomic E-state index is 0.0355. The molecule has 0 radical (unpaired) electrons. The van der Waals surface area contributed by atoms with Crippen LogP contribution in [0.3, 0.4) is 0 Å². The van der Waals surface area contributed by atoms with Crippen molar-refractivity contribution in [3.05, 3.63) is 41.9 Å². The zero-order chi connectivity index (χ0) is 17.4. The molecule has 1 aromatic carbocycles. The van der Waals surface area contributed by atoms with E-state index in [2.05, 4.69) is 0 Å². The summed E-state index contributed by atoms with van der Waals surface area (Å²) >= 11 is 0. The van der Waals surface area contributed by atoms with Gasteiger partial charge >= 0.3 is 6.09 Å². The van der Waals surface area contributed by atoms with Crippen LogP contribution in [0.25, 0.3) is 0 Å². The van der Waals surface area contributed by atoms with Gasteiger partial charge in [0.05, 0.1) is 11.6 Å². The van der Waals surface area contributed by atoms with Gasteiger partial charge in [-0.1, -0.05) is 0 Å². The number of amides is 1. The second-order valence-electron chi connectivity index (χ2n) is 6.44. The molecule has 2 fully saturated rings. The van der Waals surface area contributed by atoms with E-state index in [4.69, 9.17) is 5.11 Å². The Morgan fingerprint density at radius 3 is 2.58 bits per heavy atom. The van der Waals surface area contributed by atoms with Crippen molar-refractivity contribution >= 4 is 17.6 Å². The van der Waals surface area contributed by atoms with E-state index < -0.39 is 11.9 Å². The number of nitrogens with zero attached hydrogens (tertiary/aromatic N) is 3. The number of hydrogen-bond donors (Lipinski definition) is 1. The summed E-state index contributed by atoms with van der Waals surface area (Å²) in [6.07, 6.45) is 2.78. The molecule has 0 saturated carbocycles. The van der Waals surface area contributed by atoms with Crippen LogP contribution >= 0.6 is 0 Å². The van der Waals surface area contributed by atoms with E-state index in [1.807, 2.05) is 4.90 Å². The Balaban J connectivity index is 1.75. The number of hydrogen-bond acceptors (Lipinski definition) is 4. The number of allylic oxidation sites excluding steroid dienone is 1. The summed E-state index contributed by atoms with van der Waals surface area (Å²) in [6.45, 7) is 0.998. The summed E-state index contributed by atoms with van der Waals surface area (Å²) in [4.78, 5) is 28.3. The molecule has 2 bridgehead atoms. The molecule has 1 N–H and O–H groups in total. The highest BCUT2D eigenvalue weighted by Gasteiger charge is 2.45. The summed E-state index contributed by atoms with van der Waals surface area (Å²) in [6, 6.07) is 4.61. The molecular weight excluding hydrogens is 313 g/mol. The molecule has 1 aromatic rings. The van der Waals surface area contributed by atoms with Crippen molar-refractivity contribution in [3.8, 4) is 0 Å². The molecule has 0 aromatic heterocycles. The van der Waals surface area contributed by atoms with Gasteiger partial charge < -0.3 is 19.8 Å². The lowest BCUT2D eigenvalue weighted by Gasteiger charge is -2.34. The fourth-order valence-corrected chi connectivity index (χ4v) is 3.41. The molecule has 2 saturated heterocycles. The van der Waals surface area contributed by atoms with Gasteiger partial charge in [0, 0.05) is 51.2 Å². The summed E-state index contributed by atoms with van der Waals surface area (Å²) in [7, 11) is 3.57. The first-order chi connectivity index (χ1) is 11.4. The number of likely N-dealkylation sites (tertiary alicyclic amines) is 1. The van der Waals surface area contributed by atoms with Crippen LogP contribution in [-0.2, 0) is 0 Å². The van der Waals surface area contributed by atoms with Gasteiger partial charge in [-0.3, -0.25) is 4.79 Å². The number of piperazine rings is 1. The smallest absolute Gasteiger partial charge is 0.407 e. The summed E-state index contributed by atoms with van der Waals surface area (Å²) < 4.78 is 14.3. The van der Waals surface area contributed by atoms with Crippen molar-refractivity contribution in [3.63, 3.8) is 0 Å². The summed E-state index contributed by atoms with van der Waals surface area (Å²) in [5, 5.41) is 9.12. The lowest BCUT2D eigenvalue weighted by molar-refractivity contribution is 0.104. The van der Waals surface area contributed by atoms with Gasteiger partial charge in [-0.2, -0.15) is 0 Å². The normalized spacial score (nSPS) is 22.5. The van der Waals surface area contributed by atoms with Crippen molar-refractivity contribution in [1.29, 1.82) is 0 Å². The lowest BCUT2D eigenvalue weighted by Crippen LogP contribution is -2.48. The number of rotatable bonds is 4. The van der Waals surface area contributed by atoms with Gasteiger partial charge in [0.2, 0.25) is 0 Å². The van der Waals surface area contributed by atoms with Crippen molar-refractivity contribution in [1.82, 2.24) is 9.80 Å². The highest BCUT2D eigenvalue weighted by Crippen LogP contribution is 2.35. The number of halogens is 1. The van der Waals surface area contributed by atoms with Gasteiger partial charge in [0.1, 0.15) is 5.82 Å². The first-order valence-electron chi connectivity index (χ1n) is 7.81. The second-order valence-corrected chi connectivity index (χ2v) is 6.44. The predicted molar refractivity (Wildman–Crippen MR) is 87.8 cm³/mol. The summed E-state index contributed by atoms with van der Waals surface area (Å²) in [5.74, 6) is -0.938. The maximum Gasteiger partial charge on any atom is 0.407 e. The largest absolute Gasteiger partial charge is 0.465 e. The molecule has 0 aliphatic carbocycles. The van der Waals surface area contributed by atoms with Crippen LogP contribution in [0.15, 0.2) is 30.5 Å². The number of fused-ring (bicyclic) bond motifs is 2. The zero-order valence-electron chi connectivity index (χ0n) is 13.6. The number of carbonyl (C=O) groups is 2. The topological polar surface area (TPSA) is 64.1 Å². The molecule has 1 amide bonds. The third-order valence-corrected chi connectivity index (χ3v) is 4.56. The van der Waals surface area contributed by atoms with E-state index in [1.54, 1.807) is 31.3 Å². The maximum atomic E-state index is 14.3. The minimum Gasteiger partial charge on any atom is -0.465 e. The Bertz CT molecular complexity index is 704. The first-order valence-corrected chi connectivity index (χ1v) is 7.81. The molecular formula is C17H20FN3O3. The van der Waals surface area contributed by atoms with Gasteiger partial charge in [0.25, 0.3) is 0 Å². The molecule has 7 heteroatoms. The Morgan fingerprint density at radius 2 is 2.04 bits per heavy atom. The van der Waals surface area contributed by atoms with E-state index in [1.165, 1.54) is 23.1 Å². The predicted octanol–water partition coefficient (Wildman–Crippen LogP) is 2.02. The molecule has 3 rings (SSSR count). The number of carbonyl (C=O) groups excluding carboxylic acids is 1. The fourth-order valence-electron chi connectivity index (χ4n) is 3.41. The van der Waals surface area contributed by atoms with Crippen LogP contribution < -0.4 is 4.90 Å². The van der Waals surface area contributed by atoms with E-state index in [-0.39, 0.29) is 23.4 Å². The van der Waals surface area contributed by atoms with Crippen LogP contribution in [0.1, 0.15) is 16.8 Å². The van der Waals surface area contributed by atoms with Crippen LogP contribution in [0.2, 0.25) is 0 Å². The standard InChI is InChI=1S/C17H20FN3O3/c1-19(2)6-5-16(22)14-4-3-11(8-15(14)18)20-9-13-7-12(20)10-21(13)17(23)24/h3-6,8,12-13H,7,9-10H2,1-2H3,(H,23,24). The number of benzene rings is 1. The highest BCUT2D eigenvalue weighted by molar-refractivity contribution is 6.04. The van der Waals surface area contributed by atoms with Crippen LogP contribution in [0.5, 0.6) is 0 Å². The molecule has 2 heterocycles. The average Bonchev–Trinajstić information content (AvgIpc) is 3.12. The number of anilines is 1. The Labute approximate surface area is 139 Å². The molecule has 24 heavy (non-hydrogen) atoms. The molecule has 2 unspecified atom stereocenters. The fraction of sp³-hybridized carbons (Fsp3) is 0.412. The van der Waals surface area contributed by atoms with Gasteiger partial charge in [-0.25, -0.2) is 9.18 Å². The summed E-state index contributed by atoms with van der Waals surface area (Å²) in [5.41, 5.74) is 0.728. The van der Waals surface area contributed by atoms with E-state index >= 15 is 0 Å². The molecule has 2 atom stereocenters. The molecule has 2 aliphatic rings. The van der Waals surface area contributed by atoms with Gasteiger partial charge in [0.15, 0.2) is 5.78 Å². The van der Waals surface area contributed by atoms with Crippen molar-refractivity contribution in [2.75, 3.05) is 32.1 Å². The minimum atomic E-state index is -0.901. The van der Waals surface area contributed by atoms with E-state index in [0.717, 1.165) is 6.42 Å². The van der Waals surface area contributed by atoms with E-state index in [9.17, 15) is 14.0 Å². The molecule has 0 spiro atoms. The van der Waals surface area contributed by atoms with E-state index in [0.29, 0.717) is 18.8 Å². The van der Waals surface area contributed by atoms with Crippen LogP contribution in [0, 0.1) is 5.82 Å². The first kappa shape index (κ1) is 16.3. The SMILES string of the molecule is CN(C)C=CC(=O)c1ccc(N2CC3CC2CN3C(=O)O)cc1F. The monoisotopic (exact) mass is 333 g/mol. The third-order valence-electron chi connectivity index (χ3n) is 4.56. The van der Waals surface area contributed by atoms with Crippen molar-refractivity contribution in [2.24, 2.45) is 0 Å². The molecule has 128 valence electrons. The van der Waals surface area contributed by atoms with Crippen LogP contribution in [0.4, 0.5) is 14.9 Å². The third kappa shape index (κ3) is 2.93. The second kappa shape index (κ2) is 6.14. The zero-order valence-corrected chi connectivity index (χ0v) is 13.6. The lowest BCUT2D eigenvalue weighted by atomic mass is 10.1. The highest BCUT2D eigenvalue weighted by atomic mass is 19.1. The Kier molecular flexibility index (Phi) is 4.17. The van der Waals surface area contributed by atoms with Crippen LogP contribution in [-0.4, -0.2) is 66.1 Å². The molecule has 6 nitrogen and oxygen atoms in total. The van der Waals surface area contributed by atoms with Gasteiger partial charge in [-0.05, 0) is 24.6 Å². The maximum absolute atomic E-state index is 14.3.